The molecule has 0 radical (unpaired) electrons. The van der Waals surface area contributed by atoms with E-state index in [2.05, 4.69) is 26.1 Å². The lowest BCUT2D eigenvalue weighted by molar-refractivity contribution is -0.138. The van der Waals surface area contributed by atoms with Crippen LogP contribution in [0.4, 0.5) is 18.9 Å². The quantitative estimate of drug-likeness (QED) is 0.732. The first-order chi connectivity index (χ1) is 12.1. The Hall–Kier alpha value is -2.24. The molecule has 1 aromatic carbocycles. The van der Waals surface area contributed by atoms with Crippen molar-refractivity contribution in [3.05, 3.63) is 53.3 Å². The highest BCUT2D eigenvalue weighted by molar-refractivity contribution is 5.93. The Balaban J connectivity index is 2.17. The minimum atomic E-state index is -4.47. The Morgan fingerprint density at radius 1 is 1.15 bits per heavy atom. The van der Waals surface area contributed by atoms with Gasteiger partial charge in [-0.05, 0) is 35.4 Å². The fourth-order valence-electron chi connectivity index (χ4n) is 3.28. The van der Waals surface area contributed by atoms with E-state index in [1.807, 2.05) is 18.2 Å². The molecule has 0 spiro atoms. The normalized spacial score (nSPS) is 13.1. The van der Waals surface area contributed by atoms with Crippen LogP contribution >= 0.6 is 0 Å². The van der Waals surface area contributed by atoms with Crippen molar-refractivity contribution in [2.75, 3.05) is 5.32 Å². The number of anilines is 1. The highest BCUT2D eigenvalue weighted by Gasteiger charge is 2.35. The van der Waals surface area contributed by atoms with Gasteiger partial charge in [0.05, 0.1) is 12.0 Å². The van der Waals surface area contributed by atoms with Crippen LogP contribution in [0.1, 0.15) is 49.8 Å². The molecule has 0 aliphatic carbocycles. The third-order valence-electron chi connectivity index (χ3n) is 4.29. The number of alkyl halides is 3. The lowest BCUT2D eigenvalue weighted by Crippen LogP contribution is -2.18. The van der Waals surface area contributed by atoms with Crippen molar-refractivity contribution in [1.82, 2.24) is 4.57 Å². The van der Waals surface area contributed by atoms with E-state index >= 15 is 0 Å². The molecule has 2 aromatic rings. The largest absolute Gasteiger partial charge is 0.418 e. The number of halogens is 3. The molecule has 1 N–H and O–H groups in total. The zero-order valence-electron chi connectivity index (χ0n) is 15.5. The molecule has 142 valence electrons. The Labute approximate surface area is 152 Å². The number of para-hydroxylation sites is 1. The van der Waals surface area contributed by atoms with Crippen LogP contribution in [0.2, 0.25) is 0 Å². The van der Waals surface area contributed by atoms with Crippen molar-refractivity contribution in [3.63, 3.8) is 0 Å². The van der Waals surface area contributed by atoms with Crippen LogP contribution in [-0.2, 0) is 24.4 Å². The number of hydrogen-bond acceptors (Lipinski definition) is 1. The molecule has 1 atom stereocenters. The zero-order chi connectivity index (χ0) is 19.5. The summed E-state index contributed by atoms with van der Waals surface area (Å²) in [4.78, 5) is 12.4. The molecule has 2 rings (SSSR count). The summed E-state index contributed by atoms with van der Waals surface area (Å²) in [6.07, 6.45) is -1.48. The van der Waals surface area contributed by atoms with Gasteiger partial charge in [-0.25, -0.2) is 0 Å². The van der Waals surface area contributed by atoms with E-state index in [-0.39, 0.29) is 17.9 Å². The van der Waals surface area contributed by atoms with Gasteiger partial charge >= 0.3 is 6.18 Å². The van der Waals surface area contributed by atoms with Gasteiger partial charge in [0, 0.05) is 25.1 Å². The fraction of sp³-hybridized carbons (Fsp3) is 0.450. The first-order valence-electron chi connectivity index (χ1n) is 8.68. The lowest BCUT2D eigenvalue weighted by atomic mass is 9.91. The van der Waals surface area contributed by atoms with Crippen LogP contribution < -0.4 is 5.32 Å². The van der Waals surface area contributed by atoms with E-state index in [0.29, 0.717) is 11.6 Å². The molecule has 0 fully saturated rings. The van der Waals surface area contributed by atoms with Crippen LogP contribution in [0.3, 0.4) is 0 Å². The SMILES string of the molecule is CC(C)CC(C)c1ccccc1NC(=O)Cc1cn(C)cc1C(F)(F)F. The summed E-state index contributed by atoms with van der Waals surface area (Å²) >= 11 is 0. The van der Waals surface area contributed by atoms with Crippen molar-refractivity contribution >= 4 is 11.6 Å². The molecule has 1 aromatic heterocycles. The van der Waals surface area contributed by atoms with Gasteiger partial charge in [0.25, 0.3) is 0 Å². The number of rotatable bonds is 6. The Bertz CT molecular complexity index is 763. The number of hydrogen-bond donors (Lipinski definition) is 1. The maximum Gasteiger partial charge on any atom is 0.418 e. The molecule has 1 unspecified atom stereocenters. The van der Waals surface area contributed by atoms with E-state index in [1.54, 1.807) is 6.07 Å². The molecule has 0 saturated carbocycles. The summed E-state index contributed by atoms with van der Waals surface area (Å²) < 4.78 is 40.6. The fourth-order valence-corrected chi connectivity index (χ4v) is 3.28. The van der Waals surface area contributed by atoms with Gasteiger partial charge in [-0.2, -0.15) is 13.2 Å². The van der Waals surface area contributed by atoms with Gasteiger partial charge in [-0.3, -0.25) is 4.79 Å². The van der Waals surface area contributed by atoms with E-state index < -0.39 is 17.6 Å². The summed E-state index contributed by atoms with van der Waals surface area (Å²) in [5.41, 5.74) is 0.871. The third-order valence-corrected chi connectivity index (χ3v) is 4.29. The molecule has 1 amide bonds. The van der Waals surface area contributed by atoms with Gasteiger partial charge < -0.3 is 9.88 Å². The first-order valence-corrected chi connectivity index (χ1v) is 8.68. The summed E-state index contributed by atoms with van der Waals surface area (Å²) in [6.45, 7) is 6.35. The Kier molecular flexibility index (Phi) is 6.16. The smallest absolute Gasteiger partial charge is 0.356 e. The molecular weight excluding hydrogens is 341 g/mol. The van der Waals surface area contributed by atoms with Gasteiger partial charge in [-0.15, -0.1) is 0 Å². The second kappa shape index (κ2) is 7.98. The van der Waals surface area contributed by atoms with Crippen LogP contribution in [0.25, 0.3) is 0 Å². The van der Waals surface area contributed by atoms with Gasteiger partial charge in [0.2, 0.25) is 5.91 Å². The van der Waals surface area contributed by atoms with Gasteiger partial charge in [0.15, 0.2) is 0 Å². The highest BCUT2D eigenvalue weighted by atomic mass is 19.4. The number of carbonyl (C=O) groups is 1. The molecule has 1 heterocycles. The van der Waals surface area contributed by atoms with Gasteiger partial charge in [-0.1, -0.05) is 39.0 Å². The zero-order valence-corrected chi connectivity index (χ0v) is 15.5. The number of carbonyl (C=O) groups excluding carboxylic acids is 1. The summed E-state index contributed by atoms with van der Waals surface area (Å²) in [5, 5.41) is 2.79. The number of aromatic nitrogens is 1. The first kappa shape index (κ1) is 20.1. The van der Waals surface area contributed by atoms with Crippen LogP contribution in [-0.4, -0.2) is 10.5 Å². The molecule has 0 bridgehead atoms. The van der Waals surface area contributed by atoms with Crippen LogP contribution in [0.15, 0.2) is 36.7 Å². The van der Waals surface area contributed by atoms with Crippen LogP contribution in [0, 0.1) is 5.92 Å². The monoisotopic (exact) mass is 366 g/mol. The minimum absolute atomic E-state index is 0.0230. The number of nitrogens with zero attached hydrogens (tertiary/aromatic N) is 1. The van der Waals surface area contributed by atoms with E-state index in [9.17, 15) is 18.0 Å². The van der Waals surface area contributed by atoms with Crippen molar-refractivity contribution in [1.29, 1.82) is 0 Å². The average molecular weight is 366 g/mol. The van der Waals surface area contributed by atoms with Crippen molar-refractivity contribution in [2.24, 2.45) is 13.0 Å². The van der Waals surface area contributed by atoms with Crippen molar-refractivity contribution < 1.29 is 18.0 Å². The van der Waals surface area contributed by atoms with Crippen molar-refractivity contribution in [3.8, 4) is 0 Å². The predicted molar refractivity (Wildman–Crippen MR) is 97.1 cm³/mol. The standard InChI is InChI=1S/C20H25F3N2O/c1-13(2)9-14(3)16-7-5-6-8-18(16)24-19(26)10-15-11-25(4)12-17(15)20(21,22)23/h5-8,11-14H,9-10H2,1-4H3,(H,24,26). The highest BCUT2D eigenvalue weighted by Crippen LogP contribution is 2.33. The van der Waals surface area contributed by atoms with E-state index in [0.717, 1.165) is 18.2 Å². The topological polar surface area (TPSA) is 34.0 Å². The second-order valence-electron chi connectivity index (χ2n) is 7.20. The molecule has 0 saturated heterocycles. The van der Waals surface area contributed by atoms with E-state index in [4.69, 9.17) is 0 Å². The van der Waals surface area contributed by atoms with Crippen LogP contribution in [0.5, 0.6) is 0 Å². The lowest BCUT2D eigenvalue weighted by Gasteiger charge is -2.19. The Morgan fingerprint density at radius 3 is 2.42 bits per heavy atom. The number of aryl methyl sites for hydroxylation is 1. The van der Waals surface area contributed by atoms with E-state index in [1.165, 1.54) is 17.8 Å². The molecular formula is C20H25F3N2O. The van der Waals surface area contributed by atoms with Gasteiger partial charge in [0.1, 0.15) is 0 Å². The number of nitrogens with one attached hydrogen (secondary N) is 1. The maximum absolute atomic E-state index is 13.1. The second-order valence-corrected chi connectivity index (χ2v) is 7.20. The number of amides is 1. The molecule has 0 aliphatic heterocycles. The third kappa shape index (κ3) is 5.13. The average Bonchev–Trinajstić information content (AvgIpc) is 2.87. The van der Waals surface area contributed by atoms with Crippen molar-refractivity contribution in [2.45, 2.75) is 45.7 Å². The molecule has 26 heavy (non-hydrogen) atoms. The Morgan fingerprint density at radius 2 is 1.81 bits per heavy atom. The minimum Gasteiger partial charge on any atom is -0.356 e. The number of benzene rings is 1. The molecule has 3 nitrogen and oxygen atoms in total. The molecule has 6 heteroatoms. The summed E-state index contributed by atoms with van der Waals surface area (Å²) in [5.74, 6) is 0.298. The summed E-state index contributed by atoms with van der Waals surface area (Å²) in [6, 6.07) is 7.46. The predicted octanol–water partition coefficient (Wildman–Crippen LogP) is 5.37. The molecule has 0 aliphatic rings. The maximum atomic E-state index is 13.1. The summed E-state index contributed by atoms with van der Waals surface area (Å²) in [7, 11) is 1.51.